The molecular formula is C29H44N6O3. The van der Waals surface area contributed by atoms with Crippen LogP contribution < -0.4 is 15.5 Å². The predicted octanol–water partition coefficient (Wildman–Crippen LogP) is 3.16. The maximum Gasteiger partial charge on any atom is 0.317 e. The molecule has 2 saturated heterocycles. The summed E-state index contributed by atoms with van der Waals surface area (Å²) in [4.78, 5) is 51.1. The van der Waals surface area contributed by atoms with Crippen molar-refractivity contribution in [3.8, 4) is 0 Å². The number of fused-ring (bicyclic) bond motifs is 1. The minimum atomic E-state index is -0.339. The Morgan fingerprint density at radius 1 is 0.895 bits per heavy atom. The van der Waals surface area contributed by atoms with Gasteiger partial charge in [0.2, 0.25) is 11.8 Å². The lowest BCUT2D eigenvalue weighted by Crippen LogP contribution is -2.53. The van der Waals surface area contributed by atoms with Crippen LogP contribution in [0.25, 0.3) is 0 Å². The summed E-state index contributed by atoms with van der Waals surface area (Å²) in [5, 5.41) is 6.41. The summed E-state index contributed by atoms with van der Waals surface area (Å²) >= 11 is 0. The first-order valence-corrected chi connectivity index (χ1v) is 14.9. The van der Waals surface area contributed by atoms with Gasteiger partial charge in [0.05, 0.1) is 5.92 Å². The zero-order valence-corrected chi connectivity index (χ0v) is 22.7. The van der Waals surface area contributed by atoms with Crippen LogP contribution in [0.1, 0.15) is 70.6 Å². The van der Waals surface area contributed by atoms with E-state index in [1.807, 2.05) is 28.0 Å². The first-order valence-electron chi connectivity index (χ1n) is 14.9. The van der Waals surface area contributed by atoms with E-state index in [-0.39, 0.29) is 41.8 Å². The van der Waals surface area contributed by atoms with E-state index in [9.17, 15) is 14.4 Å². The van der Waals surface area contributed by atoms with E-state index < -0.39 is 0 Å². The molecule has 2 N–H and O–H groups in total. The summed E-state index contributed by atoms with van der Waals surface area (Å²) in [6.45, 7) is 4.12. The van der Waals surface area contributed by atoms with E-state index in [1.54, 1.807) is 6.20 Å². The number of hydrogen-bond acceptors (Lipinski definition) is 5. The summed E-state index contributed by atoms with van der Waals surface area (Å²) < 4.78 is 0. The van der Waals surface area contributed by atoms with Crippen molar-refractivity contribution in [2.24, 2.45) is 11.8 Å². The normalized spacial score (nSPS) is 27.7. The van der Waals surface area contributed by atoms with E-state index in [0.717, 1.165) is 70.3 Å². The Morgan fingerprint density at radius 2 is 1.66 bits per heavy atom. The highest BCUT2D eigenvalue weighted by atomic mass is 16.2. The number of amides is 4. The number of piperazine rings is 1. The van der Waals surface area contributed by atoms with Crippen LogP contribution in [0.3, 0.4) is 0 Å². The van der Waals surface area contributed by atoms with E-state index in [1.165, 1.54) is 6.42 Å². The summed E-state index contributed by atoms with van der Waals surface area (Å²) in [5.74, 6) is 0.505. The monoisotopic (exact) mass is 524 g/mol. The molecule has 0 bridgehead atoms. The topological polar surface area (TPSA) is 97.9 Å². The van der Waals surface area contributed by atoms with Gasteiger partial charge in [-0.25, -0.2) is 9.78 Å². The van der Waals surface area contributed by atoms with Crippen molar-refractivity contribution >= 4 is 23.7 Å². The second-order valence-electron chi connectivity index (χ2n) is 11.5. The molecule has 4 aliphatic rings. The third kappa shape index (κ3) is 6.41. The molecule has 3 heterocycles. The Balaban J connectivity index is 1.27. The Labute approximate surface area is 226 Å². The number of pyridine rings is 1. The fraction of sp³-hybridized carbons (Fsp3) is 0.724. The predicted molar refractivity (Wildman–Crippen MR) is 147 cm³/mol. The number of nitrogens with one attached hydrogen (secondary N) is 2. The number of urea groups is 1. The van der Waals surface area contributed by atoms with Crippen molar-refractivity contribution in [1.29, 1.82) is 0 Å². The van der Waals surface area contributed by atoms with Gasteiger partial charge in [-0.05, 0) is 50.7 Å². The van der Waals surface area contributed by atoms with Gasteiger partial charge in [0.15, 0.2) is 0 Å². The van der Waals surface area contributed by atoms with E-state index in [4.69, 9.17) is 0 Å². The lowest BCUT2D eigenvalue weighted by atomic mass is 9.95. The zero-order valence-electron chi connectivity index (χ0n) is 22.7. The van der Waals surface area contributed by atoms with Crippen molar-refractivity contribution < 1.29 is 14.4 Å². The van der Waals surface area contributed by atoms with Crippen LogP contribution in [0.5, 0.6) is 0 Å². The molecule has 2 saturated carbocycles. The molecule has 9 nitrogen and oxygen atoms in total. The van der Waals surface area contributed by atoms with Crippen LogP contribution >= 0.6 is 0 Å². The molecule has 1 aromatic rings. The molecule has 4 amide bonds. The van der Waals surface area contributed by atoms with Gasteiger partial charge in [0, 0.05) is 63.5 Å². The number of carbonyl (C=O) groups is 3. The fourth-order valence-electron chi connectivity index (χ4n) is 6.82. The smallest absolute Gasteiger partial charge is 0.317 e. The van der Waals surface area contributed by atoms with Gasteiger partial charge in [-0.1, -0.05) is 38.2 Å². The second-order valence-corrected chi connectivity index (χ2v) is 11.5. The minimum Gasteiger partial charge on any atom is -0.356 e. The molecule has 1 aromatic heterocycles. The van der Waals surface area contributed by atoms with Crippen LogP contribution in [0.15, 0.2) is 24.4 Å². The number of nitrogens with zero attached hydrogens (tertiary/aromatic N) is 4. The molecule has 3 atom stereocenters. The summed E-state index contributed by atoms with van der Waals surface area (Å²) in [6.07, 6.45) is 12.5. The molecular weight excluding hydrogens is 480 g/mol. The largest absolute Gasteiger partial charge is 0.356 e. The Morgan fingerprint density at radius 3 is 2.42 bits per heavy atom. The number of aromatic nitrogens is 1. The van der Waals surface area contributed by atoms with Gasteiger partial charge in [-0.3, -0.25) is 9.59 Å². The fourth-order valence-corrected chi connectivity index (χ4v) is 6.82. The number of anilines is 1. The SMILES string of the molecule is O=C1NCCCCCCN(C(=O)NC2CCCCC2)C2CC(C(=O)N3CCN(c4ccccn4)CC3)CC12. The van der Waals surface area contributed by atoms with Crippen LogP contribution in [0.4, 0.5) is 10.6 Å². The molecule has 0 radical (unpaired) electrons. The molecule has 2 aliphatic carbocycles. The maximum absolute atomic E-state index is 13.7. The van der Waals surface area contributed by atoms with Gasteiger partial charge < -0.3 is 25.3 Å². The van der Waals surface area contributed by atoms with Gasteiger partial charge in [-0.15, -0.1) is 0 Å². The molecule has 208 valence electrons. The number of rotatable bonds is 3. The molecule has 9 heteroatoms. The van der Waals surface area contributed by atoms with Crippen LogP contribution in [-0.4, -0.2) is 84.0 Å². The highest BCUT2D eigenvalue weighted by Crippen LogP contribution is 2.37. The minimum absolute atomic E-state index is 0.00244. The summed E-state index contributed by atoms with van der Waals surface area (Å²) in [7, 11) is 0. The van der Waals surface area contributed by atoms with Crippen molar-refractivity contribution in [2.75, 3.05) is 44.2 Å². The second kappa shape index (κ2) is 12.8. The third-order valence-corrected chi connectivity index (χ3v) is 9.00. The van der Waals surface area contributed by atoms with Crippen molar-refractivity contribution in [3.63, 3.8) is 0 Å². The lowest BCUT2D eigenvalue weighted by Gasteiger charge is -2.37. The van der Waals surface area contributed by atoms with Gasteiger partial charge in [0.1, 0.15) is 5.82 Å². The average molecular weight is 525 g/mol. The Bertz CT molecular complexity index is 945. The number of carbonyl (C=O) groups excluding carboxylic acids is 3. The maximum atomic E-state index is 13.7. The molecule has 5 rings (SSSR count). The molecule has 3 unspecified atom stereocenters. The van der Waals surface area contributed by atoms with Crippen LogP contribution in [-0.2, 0) is 9.59 Å². The summed E-state index contributed by atoms with van der Waals surface area (Å²) in [5.41, 5.74) is 0. The molecule has 0 spiro atoms. The van der Waals surface area contributed by atoms with Crippen molar-refractivity contribution in [1.82, 2.24) is 25.4 Å². The first kappa shape index (κ1) is 26.8. The number of hydrogen-bond donors (Lipinski definition) is 2. The van der Waals surface area contributed by atoms with Gasteiger partial charge in [-0.2, -0.15) is 0 Å². The van der Waals surface area contributed by atoms with Crippen molar-refractivity contribution in [2.45, 2.75) is 82.7 Å². The van der Waals surface area contributed by atoms with Crippen LogP contribution in [0, 0.1) is 11.8 Å². The van der Waals surface area contributed by atoms with Crippen LogP contribution in [0.2, 0.25) is 0 Å². The highest BCUT2D eigenvalue weighted by molar-refractivity contribution is 5.85. The molecule has 2 aliphatic heterocycles. The van der Waals surface area contributed by atoms with Gasteiger partial charge in [0.25, 0.3) is 0 Å². The lowest BCUT2D eigenvalue weighted by molar-refractivity contribution is -0.135. The van der Waals surface area contributed by atoms with E-state index in [2.05, 4.69) is 20.5 Å². The summed E-state index contributed by atoms with van der Waals surface area (Å²) in [6, 6.07) is 5.84. The molecule has 0 aromatic carbocycles. The highest BCUT2D eigenvalue weighted by Gasteiger charge is 2.47. The quantitative estimate of drug-likeness (QED) is 0.633. The van der Waals surface area contributed by atoms with E-state index >= 15 is 0 Å². The standard InChI is InChI=1S/C29H44N6O3/c36-27-24-20-22(28(37)34-18-16-33(17-19-34)26-12-6-8-13-30-26)21-25(24)35(15-9-2-1-7-14-31-27)29(38)32-23-10-4-3-5-11-23/h6,8,12-13,22-25H,1-5,7,9-11,14-21H2,(H,31,36)(H,32,38). The Hall–Kier alpha value is -2.84. The average Bonchev–Trinajstić information content (AvgIpc) is 3.39. The zero-order chi connectivity index (χ0) is 26.3. The first-order chi connectivity index (χ1) is 18.6. The van der Waals surface area contributed by atoms with Gasteiger partial charge >= 0.3 is 6.03 Å². The van der Waals surface area contributed by atoms with Crippen molar-refractivity contribution in [3.05, 3.63) is 24.4 Å². The third-order valence-electron chi connectivity index (χ3n) is 9.00. The molecule has 4 fully saturated rings. The van der Waals surface area contributed by atoms with E-state index in [0.29, 0.717) is 39.0 Å². The molecule has 38 heavy (non-hydrogen) atoms. The Kier molecular flexibility index (Phi) is 9.02.